The van der Waals surface area contributed by atoms with Gasteiger partial charge in [0.15, 0.2) is 0 Å². The Balaban J connectivity index is 0.000000324. The van der Waals surface area contributed by atoms with Crippen molar-refractivity contribution in [3.8, 4) is 0 Å². The van der Waals surface area contributed by atoms with Crippen molar-refractivity contribution in [1.82, 2.24) is 5.32 Å². The second kappa shape index (κ2) is 11.0. The fraction of sp³-hybridized carbons (Fsp3) is 0.333. The van der Waals surface area contributed by atoms with Gasteiger partial charge in [-0.3, -0.25) is 9.59 Å². The summed E-state index contributed by atoms with van der Waals surface area (Å²) in [5, 5.41) is 10.8. The van der Waals surface area contributed by atoms with Crippen LogP contribution in [0.15, 0.2) is 54.6 Å². The van der Waals surface area contributed by atoms with Crippen LogP contribution >= 0.6 is 0 Å². The first-order chi connectivity index (χ1) is 11.9. The number of amides is 1. The van der Waals surface area contributed by atoms with E-state index in [0.717, 1.165) is 12.8 Å². The van der Waals surface area contributed by atoms with E-state index < -0.39 is 5.97 Å². The number of aliphatic carboxylic acids is 1. The van der Waals surface area contributed by atoms with Gasteiger partial charge in [-0.25, -0.2) is 0 Å². The summed E-state index contributed by atoms with van der Waals surface area (Å²) in [7, 11) is 0. The molecule has 1 amide bonds. The molecule has 0 aromatic heterocycles. The second-order valence-electron chi connectivity index (χ2n) is 6.19. The molecule has 2 N–H and O–H groups in total. The molecule has 25 heavy (non-hydrogen) atoms. The zero-order chi connectivity index (χ0) is 18.7. The topological polar surface area (TPSA) is 66.4 Å². The predicted molar refractivity (Wildman–Crippen MR) is 100 cm³/mol. The molecule has 0 fully saturated rings. The van der Waals surface area contributed by atoms with Crippen LogP contribution in [-0.4, -0.2) is 23.5 Å². The Labute approximate surface area is 149 Å². The normalized spacial score (nSPS) is 11.0. The van der Waals surface area contributed by atoms with Gasteiger partial charge in [0.05, 0.1) is 0 Å². The summed E-state index contributed by atoms with van der Waals surface area (Å²) < 4.78 is 0. The van der Waals surface area contributed by atoms with Crippen molar-refractivity contribution in [2.45, 2.75) is 33.6 Å². The molecule has 0 saturated heterocycles. The van der Waals surface area contributed by atoms with E-state index in [0.29, 0.717) is 0 Å². The lowest BCUT2D eigenvalue weighted by Gasteiger charge is -2.10. The lowest BCUT2D eigenvalue weighted by Crippen LogP contribution is -2.33. The van der Waals surface area contributed by atoms with Crippen LogP contribution < -0.4 is 5.32 Å². The molecule has 2 rings (SSSR count). The molecule has 0 radical (unpaired) electrons. The highest BCUT2D eigenvalue weighted by molar-refractivity contribution is 5.82. The average molecular weight is 341 g/mol. The van der Waals surface area contributed by atoms with E-state index in [9.17, 15) is 9.59 Å². The Bertz CT molecular complexity index is 630. The Morgan fingerprint density at radius 1 is 0.960 bits per heavy atom. The number of hydrogen-bond acceptors (Lipinski definition) is 2. The Morgan fingerprint density at radius 3 is 1.96 bits per heavy atom. The van der Waals surface area contributed by atoms with Crippen LogP contribution in [0.25, 0.3) is 0 Å². The molecule has 0 heterocycles. The molecule has 0 saturated carbocycles. The van der Waals surface area contributed by atoms with Crippen molar-refractivity contribution in [1.29, 1.82) is 0 Å². The molecule has 0 aliphatic carbocycles. The molecule has 2 aromatic carbocycles. The summed E-state index contributed by atoms with van der Waals surface area (Å²) in [6.07, 6.45) is 1.54. The van der Waals surface area contributed by atoms with Crippen molar-refractivity contribution in [2.24, 2.45) is 5.92 Å². The number of carbonyl (C=O) groups excluding carboxylic acids is 1. The standard InChI is InChI=1S/C13H17NO3.C8H10/c1-10(13(17)14-9-12(15)16)7-8-11-5-3-2-4-6-11;1-7-3-5-8(2)6-4-7/h2-6,10H,7-9H2,1H3,(H,14,17)(H,15,16);3-6H,1-2H3/t10-;/m1./s1. The van der Waals surface area contributed by atoms with Gasteiger partial charge in [-0.2, -0.15) is 0 Å². The maximum atomic E-state index is 11.5. The van der Waals surface area contributed by atoms with E-state index in [1.165, 1.54) is 16.7 Å². The summed E-state index contributed by atoms with van der Waals surface area (Å²) in [6, 6.07) is 18.4. The fourth-order valence-corrected chi connectivity index (χ4v) is 2.13. The second-order valence-corrected chi connectivity index (χ2v) is 6.19. The maximum absolute atomic E-state index is 11.5. The van der Waals surface area contributed by atoms with Crippen molar-refractivity contribution >= 4 is 11.9 Å². The lowest BCUT2D eigenvalue weighted by atomic mass is 10.0. The summed E-state index contributed by atoms with van der Waals surface area (Å²) in [6.45, 7) is 5.69. The van der Waals surface area contributed by atoms with Gasteiger partial charge in [0.25, 0.3) is 0 Å². The molecule has 0 spiro atoms. The summed E-state index contributed by atoms with van der Waals surface area (Å²) >= 11 is 0. The van der Waals surface area contributed by atoms with Crippen LogP contribution in [-0.2, 0) is 16.0 Å². The van der Waals surface area contributed by atoms with E-state index in [4.69, 9.17) is 5.11 Å². The molecule has 0 aliphatic heterocycles. The predicted octanol–water partition coefficient (Wildman–Crippen LogP) is 3.76. The summed E-state index contributed by atoms with van der Waals surface area (Å²) in [4.78, 5) is 21.8. The average Bonchev–Trinajstić information content (AvgIpc) is 2.61. The third kappa shape index (κ3) is 9.30. The summed E-state index contributed by atoms with van der Waals surface area (Å²) in [5.74, 6) is -1.40. The number of carboxylic acids is 1. The number of rotatable bonds is 6. The van der Waals surface area contributed by atoms with Crippen LogP contribution in [0.2, 0.25) is 0 Å². The number of carboxylic acid groups (broad SMARTS) is 1. The van der Waals surface area contributed by atoms with Gasteiger partial charge in [0.1, 0.15) is 6.54 Å². The maximum Gasteiger partial charge on any atom is 0.322 e. The van der Waals surface area contributed by atoms with E-state index in [2.05, 4.69) is 43.4 Å². The van der Waals surface area contributed by atoms with Crippen molar-refractivity contribution in [3.63, 3.8) is 0 Å². The number of hydrogen-bond donors (Lipinski definition) is 2. The van der Waals surface area contributed by atoms with Gasteiger partial charge in [-0.05, 0) is 32.3 Å². The Kier molecular flexibility index (Phi) is 9.01. The van der Waals surface area contributed by atoms with E-state index >= 15 is 0 Å². The smallest absolute Gasteiger partial charge is 0.322 e. The van der Waals surface area contributed by atoms with Crippen molar-refractivity contribution in [3.05, 3.63) is 71.3 Å². The minimum absolute atomic E-state index is 0.172. The zero-order valence-corrected chi connectivity index (χ0v) is 15.2. The van der Waals surface area contributed by atoms with E-state index in [1.54, 1.807) is 6.92 Å². The van der Waals surface area contributed by atoms with Crippen LogP contribution in [0, 0.1) is 19.8 Å². The minimum Gasteiger partial charge on any atom is -0.480 e. The van der Waals surface area contributed by atoms with Crippen LogP contribution in [0.4, 0.5) is 0 Å². The third-order valence-electron chi connectivity index (χ3n) is 3.79. The molecule has 2 aromatic rings. The molecular weight excluding hydrogens is 314 g/mol. The minimum atomic E-state index is -1.02. The van der Waals surface area contributed by atoms with Gasteiger partial charge < -0.3 is 10.4 Å². The van der Waals surface area contributed by atoms with Gasteiger partial charge >= 0.3 is 5.97 Å². The van der Waals surface area contributed by atoms with E-state index in [-0.39, 0.29) is 18.4 Å². The first-order valence-corrected chi connectivity index (χ1v) is 8.45. The van der Waals surface area contributed by atoms with Crippen LogP contribution in [0.3, 0.4) is 0 Å². The molecule has 0 aliphatic rings. The zero-order valence-electron chi connectivity index (χ0n) is 15.2. The Morgan fingerprint density at radius 2 is 1.48 bits per heavy atom. The highest BCUT2D eigenvalue weighted by Crippen LogP contribution is 2.09. The monoisotopic (exact) mass is 341 g/mol. The molecule has 4 heteroatoms. The van der Waals surface area contributed by atoms with Crippen LogP contribution in [0.5, 0.6) is 0 Å². The number of aryl methyl sites for hydroxylation is 3. The SMILES string of the molecule is C[C@H](CCc1ccccc1)C(=O)NCC(=O)O.Cc1ccc(C)cc1. The molecule has 0 unspecified atom stereocenters. The fourth-order valence-electron chi connectivity index (χ4n) is 2.13. The molecule has 1 atom stereocenters. The first kappa shape index (κ1) is 20.4. The number of carbonyl (C=O) groups is 2. The quantitative estimate of drug-likeness (QED) is 0.841. The first-order valence-electron chi connectivity index (χ1n) is 8.45. The van der Waals surface area contributed by atoms with E-state index in [1.807, 2.05) is 30.3 Å². The van der Waals surface area contributed by atoms with Crippen LogP contribution in [0.1, 0.15) is 30.0 Å². The molecule has 4 nitrogen and oxygen atoms in total. The highest BCUT2D eigenvalue weighted by Gasteiger charge is 2.13. The van der Waals surface area contributed by atoms with Gasteiger partial charge in [-0.1, -0.05) is 72.6 Å². The third-order valence-corrected chi connectivity index (χ3v) is 3.79. The molecule has 0 bridgehead atoms. The van der Waals surface area contributed by atoms with Crippen molar-refractivity contribution < 1.29 is 14.7 Å². The highest BCUT2D eigenvalue weighted by atomic mass is 16.4. The van der Waals surface area contributed by atoms with Gasteiger partial charge in [0, 0.05) is 5.92 Å². The Hall–Kier alpha value is -2.62. The summed E-state index contributed by atoms with van der Waals surface area (Å²) in [5.41, 5.74) is 3.84. The lowest BCUT2D eigenvalue weighted by molar-refractivity contribution is -0.138. The largest absolute Gasteiger partial charge is 0.480 e. The van der Waals surface area contributed by atoms with Gasteiger partial charge in [-0.15, -0.1) is 0 Å². The van der Waals surface area contributed by atoms with Gasteiger partial charge in [0.2, 0.25) is 5.91 Å². The molecular formula is C21H27NO3. The number of benzene rings is 2. The van der Waals surface area contributed by atoms with Crippen molar-refractivity contribution in [2.75, 3.05) is 6.54 Å². The number of nitrogens with one attached hydrogen (secondary N) is 1. The molecule has 134 valence electrons.